The summed E-state index contributed by atoms with van der Waals surface area (Å²) in [7, 11) is 2.88. The molecule has 0 aliphatic carbocycles. The van der Waals surface area contributed by atoms with E-state index in [0.29, 0.717) is 16.2 Å². The zero-order valence-corrected chi connectivity index (χ0v) is 12.0. The quantitative estimate of drug-likeness (QED) is 0.627. The topological polar surface area (TPSA) is 52.6 Å². The van der Waals surface area contributed by atoms with Crippen molar-refractivity contribution in [3.63, 3.8) is 0 Å². The van der Waals surface area contributed by atoms with Gasteiger partial charge >= 0.3 is 5.97 Å². The molecule has 0 bridgehead atoms. The van der Waals surface area contributed by atoms with Gasteiger partial charge in [-0.2, -0.15) is 0 Å². The Hall–Kier alpha value is -2.14. The van der Waals surface area contributed by atoms with Crippen molar-refractivity contribution in [2.75, 3.05) is 14.2 Å². The molecule has 1 heterocycles. The fraction of sp³-hybridized carbons (Fsp3) is 0.200. The van der Waals surface area contributed by atoms with Gasteiger partial charge in [0, 0.05) is 4.88 Å². The van der Waals surface area contributed by atoms with Gasteiger partial charge in [0.2, 0.25) is 5.78 Å². The van der Waals surface area contributed by atoms with Crippen LogP contribution in [0.4, 0.5) is 0 Å². The van der Waals surface area contributed by atoms with Crippen molar-refractivity contribution in [1.29, 1.82) is 0 Å². The van der Waals surface area contributed by atoms with Crippen LogP contribution in [0.25, 0.3) is 0 Å². The number of methoxy groups -OCH3 is 2. The van der Waals surface area contributed by atoms with Crippen LogP contribution in [0.3, 0.4) is 0 Å². The highest BCUT2D eigenvalue weighted by atomic mass is 32.1. The van der Waals surface area contributed by atoms with Crippen molar-refractivity contribution in [2.24, 2.45) is 0 Å². The smallest absolute Gasteiger partial charge is 0.310 e. The maximum atomic E-state index is 12.4. The zero-order valence-electron chi connectivity index (χ0n) is 11.2. The summed E-state index contributed by atoms with van der Waals surface area (Å²) in [5.74, 6) is 0.118. The summed E-state index contributed by atoms with van der Waals surface area (Å²) < 4.78 is 9.79. The lowest BCUT2D eigenvalue weighted by Crippen LogP contribution is -2.03. The van der Waals surface area contributed by atoms with Crippen molar-refractivity contribution in [2.45, 2.75) is 6.42 Å². The molecule has 0 unspecified atom stereocenters. The van der Waals surface area contributed by atoms with Gasteiger partial charge in [0.25, 0.3) is 0 Å². The molecule has 20 heavy (non-hydrogen) atoms. The number of hydrogen-bond donors (Lipinski definition) is 0. The molecule has 0 atom stereocenters. The number of rotatable bonds is 5. The van der Waals surface area contributed by atoms with Crippen LogP contribution in [-0.2, 0) is 16.0 Å². The van der Waals surface area contributed by atoms with Gasteiger partial charge in [0.1, 0.15) is 5.75 Å². The van der Waals surface area contributed by atoms with Crippen LogP contribution in [0, 0.1) is 0 Å². The first-order valence-electron chi connectivity index (χ1n) is 5.99. The Bertz CT molecular complexity index is 630. The molecule has 2 rings (SSSR count). The first-order chi connectivity index (χ1) is 9.65. The molecule has 5 heteroatoms. The van der Waals surface area contributed by atoms with E-state index >= 15 is 0 Å². The Kier molecular flexibility index (Phi) is 4.53. The lowest BCUT2D eigenvalue weighted by molar-refractivity contribution is -0.139. The number of ketones is 1. The molecule has 1 aromatic heterocycles. The molecule has 0 saturated heterocycles. The molecule has 104 valence electrons. The summed E-state index contributed by atoms with van der Waals surface area (Å²) in [6, 6.07) is 10.6. The van der Waals surface area contributed by atoms with Gasteiger partial charge in [-0.25, -0.2) is 0 Å². The van der Waals surface area contributed by atoms with Crippen molar-refractivity contribution in [1.82, 2.24) is 0 Å². The Labute approximate surface area is 121 Å². The monoisotopic (exact) mass is 290 g/mol. The second-order valence-corrected chi connectivity index (χ2v) is 5.22. The second-order valence-electron chi connectivity index (χ2n) is 4.05. The van der Waals surface area contributed by atoms with Crippen LogP contribution < -0.4 is 4.74 Å². The van der Waals surface area contributed by atoms with Crippen molar-refractivity contribution in [3.8, 4) is 5.75 Å². The number of thiophene rings is 1. The number of hydrogen-bond acceptors (Lipinski definition) is 5. The van der Waals surface area contributed by atoms with E-state index in [4.69, 9.17) is 4.74 Å². The van der Waals surface area contributed by atoms with Crippen LogP contribution in [-0.4, -0.2) is 26.0 Å². The Morgan fingerprint density at radius 2 is 1.85 bits per heavy atom. The molecule has 0 saturated carbocycles. The highest BCUT2D eigenvalue weighted by Crippen LogP contribution is 2.25. The third-order valence-electron chi connectivity index (χ3n) is 2.78. The average molecular weight is 290 g/mol. The minimum absolute atomic E-state index is 0.108. The molecule has 0 fully saturated rings. The molecule has 0 aliphatic heterocycles. The standard InChI is InChI=1S/C15H14O4S/c1-18-12-6-4-3-5-11(12)15(17)13-8-7-10(20-13)9-14(16)19-2/h3-8H,9H2,1-2H3. The van der Waals surface area contributed by atoms with Crippen LogP contribution in [0.2, 0.25) is 0 Å². The third-order valence-corrected chi connectivity index (χ3v) is 3.87. The normalized spacial score (nSPS) is 10.1. The summed E-state index contributed by atoms with van der Waals surface area (Å²) in [5.41, 5.74) is 0.515. The van der Waals surface area contributed by atoms with Gasteiger partial charge in [-0.1, -0.05) is 12.1 Å². The van der Waals surface area contributed by atoms with Gasteiger partial charge in [-0.3, -0.25) is 9.59 Å². The molecule has 0 spiro atoms. The highest BCUT2D eigenvalue weighted by Gasteiger charge is 2.16. The zero-order chi connectivity index (χ0) is 14.5. The molecule has 0 N–H and O–H groups in total. The maximum absolute atomic E-state index is 12.4. The van der Waals surface area contributed by atoms with E-state index in [0.717, 1.165) is 4.88 Å². The largest absolute Gasteiger partial charge is 0.496 e. The van der Waals surface area contributed by atoms with Crippen LogP contribution in [0.1, 0.15) is 20.1 Å². The Morgan fingerprint density at radius 3 is 2.55 bits per heavy atom. The number of carbonyl (C=O) groups is 2. The van der Waals surface area contributed by atoms with Crippen molar-refractivity contribution >= 4 is 23.1 Å². The molecular weight excluding hydrogens is 276 g/mol. The van der Waals surface area contributed by atoms with E-state index < -0.39 is 0 Å². The van der Waals surface area contributed by atoms with Gasteiger partial charge in [-0.05, 0) is 24.3 Å². The highest BCUT2D eigenvalue weighted by molar-refractivity contribution is 7.14. The van der Waals surface area contributed by atoms with Crippen molar-refractivity contribution in [3.05, 3.63) is 51.7 Å². The van der Waals surface area contributed by atoms with Crippen LogP contribution >= 0.6 is 11.3 Å². The van der Waals surface area contributed by atoms with E-state index in [1.54, 1.807) is 30.3 Å². The lowest BCUT2D eigenvalue weighted by Gasteiger charge is -2.05. The summed E-state index contributed by atoms with van der Waals surface area (Å²) >= 11 is 1.29. The van der Waals surface area contributed by atoms with Crippen molar-refractivity contribution < 1.29 is 19.1 Å². The van der Waals surface area contributed by atoms with Gasteiger partial charge in [-0.15, -0.1) is 11.3 Å². The van der Waals surface area contributed by atoms with E-state index in [1.807, 2.05) is 6.07 Å². The predicted molar refractivity (Wildman–Crippen MR) is 76.5 cm³/mol. The molecule has 0 amide bonds. The van der Waals surface area contributed by atoms with Gasteiger partial charge in [0.05, 0.1) is 31.1 Å². The first kappa shape index (κ1) is 14.3. The number of para-hydroxylation sites is 1. The molecule has 0 aliphatic rings. The van der Waals surface area contributed by atoms with Crippen LogP contribution in [0.15, 0.2) is 36.4 Å². The molecular formula is C15H14O4S. The van der Waals surface area contributed by atoms with E-state index in [1.165, 1.54) is 25.6 Å². The molecule has 1 aromatic carbocycles. The predicted octanol–water partition coefficient (Wildman–Crippen LogP) is 2.70. The number of benzene rings is 1. The van der Waals surface area contributed by atoms with Gasteiger partial charge < -0.3 is 9.47 Å². The number of carbonyl (C=O) groups excluding carboxylic acids is 2. The molecule has 0 radical (unpaired) electrons. The Balaban J connectivity index is 2.23. The first-order valence-corrected chi connectivity index (χ1v) is 6.80. The van der Waals surface area contributed by atoms with Crippen LogP contribution in [0.5, 0.6) is 5.75 Å². The molecule has 4 nitrogen and oxygen atoms in total. The van der Waals surface area contributed by atoms with E-state index in [2.05, 4.69) is 4.74 Å². The number of esters is 1. The fourth-order valence-corrected chi connectivity index (χ4v) is 2.72. The maximum Gasteiger partial charge on any atom is 0.310 e. The summed E-state index contributed by atoms with van der Waals surface area (Å²) in [6.45, 7) is 0. The minimum atomic E-state index is -0.317. The summed E-state index contributed by atoms with van der Waals surface area (Å²) in [6.07, 6.45) is 0.181. The SMILES string of the molecule is COC(=O)Cc1ccc(C(=O)c2ccccc2OC)s1. The minimum Gasteiger partial charge on any atom is -0.496 e. The van der Waals surface area contributed by atoms with E-state index in [-0.39, 0.29) is 18.2 Å². The summed E-state index contributed by atoms with van der Waals surface area (Å²) in [4.78, 5) is 25.0. The average Bonchev–Trinajstić information content (AvgIpc) is 2.94. The number of ether oxygens (including phenoxy) is 2. The molecule has 2 aromatic rings. The summed E-state index contributed by atoms with van der Waals surface area (Å²) in [5, 5.41) is 0. The second kappa shape index (κ2) is 6.34. The lowest BCUT2D eigenvalue weighted by atomic mass is 10.1. The van der Waals surface area contributed by atoms with E-state index in [9.17, 15) is 9.59 Å². The third kappa shape index (κ3) is 3.05. The Morgan fingerprint density at radius 1 is 1.10 bits per heavy atom. The fourth-order valence-electron chi connectivity index (χ4n) is 1.77. The van der Waals surface area contributed by atoms with Gasteiger partial charge in [0.15, 0.2) is 0 Å².